The molecule has 0 unspecified atom stereocenters. The Bertz CT molecular complexity index is 493. The van der Waals surface area contributed by atoms with Crippen molar-refractivity contribution in [2.24, 2.45) is 0 Å². The maximum absolute atomic E-state index is 12.7. The van der Waals surface area contributed by atoms with Gasteiger partial charge >= 0.3 is 0 Å². The molecule has 0 aliphatic rings. The highest BCUT2D eigenvalue weighted by molar-refractivity contribution is 6.29. The molecule has 0 atom stereocenters. The first-order valence-electron chi connectivity index (χ1n) is 5.17. The van der Waals surface area contributed by atoms with Gasteiger partial charge in [0, 0.05) is 0 Å². The Balaban J connectivity index is 1.96. The average molecular weight is 266 g/mol. The van der Waals surface area contributed by atoms with Gasteiger partial charge in [0.05, 0.1) is 6.42 Å². The zero-order valence-corrected chi connectivity index (χ0v) is 9.99. The van der Waals surface area contributed by atoms with Crippen LogP contribution in [0.5, 0.6) is 0 Å². The van der Waals surface area contributed by atoms with Gasteiger partial charge in [-0.2, -0.15) is 0 Å². The average Bonchev–Trinajstić information content (AvgIpc) is 2.35. The van der Waals surface area contributed by atoms with Gasteiger partial charge < -0.3 is 5.32 Å². The quantitative estimate of drug-likeness (QED) is 0.927. The summed E-state index contributed by atoms with van der Waals surface area (Å²) in [5.74, 6) is -0.257. The predicted octanol–water partition coefficient (Wildman–Crippen LogP) is 2.45. The molecule has 0 aliphatic carbocycles. The highest BCUT2D eigenvalue weighted by Gasteiger charge is 2.05. The van der Waals surface area contributed by atoms with Crippen LogP contribution in [0.4, 0.5) is 10.2 Å². The minimum Gasteiger partial charge on any atom is -0.309 e. The topological polar surface area (TPSA) is 54.9 Å². The third-order valence-electron chi connectivity index (χ3n) is 2.18. The highest BCUT2D eigenvalue weighted by atomic mass is 35.5. The van der Waals surface area contributed by atoms with Crippen LogP contribution in [-0.2, 0) is 11.2 Å². The molecule has 1 aromatic carbocycles. The number of amides is 1. The summed E-state index contributed by atoms with van der Waals surface area (Å²) in [6.07, 6.45) is 0.143. The molecule has 0 spiro atoms. The van der Waals surface area contributed by atoms with Gasteiger partial charge in [0.2, 0.25) is 5.91 Å². The number of carbonyl (C=O) groups is 1. The Morgan fingerprint density at radius 1 is 1.17 bits per heavy atom. The summed E-state index contributed by atoms with van der Waals surface area (Å²) in [6.45, 7) is 0. The number of nitrogens with zero attached hydrogens (tertiary/aromatic N) is 2. The van der Waals surface area contributed by atoms with E-state index in [1.54, 1.807) is 18.2 Å². The molecule has 0 bridgehead atoms. The summed E-state index contributed by atoms with van der Waals surface area (Å²) in [5.41, 5.74) is 0.718. The van der Waals surface area contributed by atoms with Crippen LogP contribution in [0, 0.1) is 5.82 Å². The van der Waals surface area contributed by atoms with Crippen LogP contribution in [0.15, 0.2) is 36.4 Å². The van der Waals surface area contributed by atoms with Crippen molar-refractivity contribution in [3.8, 4) is 0 Å². The fourth-order valence-corrected chi connectivity index (χ4v) is 1.46. The van der Waals surface area contributed by atoms with Gasteiger partial charge in [-0.1, -0.05) is 23.7 Å². The number of hydrogen-bond donors (Lipinski definition) is 1. The van der Waals surface area contributed by atoms with Crippen molar-refractivity contribution in [3.63, 3.8) is 0 Å². The molecule has 1 amide bonds. The minimum atomic E-state index is -0.331. The van der Waals surface area contributed by atoms with E-state index in [9.17, 15) is 9.18 Å². The number of nitrogens with one attached hydrogen (secondary N) is 1. The van der Waals surface area contributed by atoms with Gasteiger partial charge in [0.15, 0.2) is 11.0 Å². The molecule has 0 fully saturated rings. The van der Waals surface area contributed by atoms with E-state index in [4.69, 9.17) is 11.6 Å². The van der Waals surface area contributed by atoms with Crippen molar-refractivity contribution >= 4 is 23.3 Å². The van der Waals surface area contributed by atoms with Crippen molar-refractivity contribution in [2.45, 2.75) is 6.42 Å². The number of benzene rings is 1. The fraction of sp³-hybridized carbons (Fsp3) is 0.0833. The summed E-state index contributed by atoms with van der Waals surface area (Å²) in [7, 11) is 0. The smallest absolute Gasteiger partial charge is 0.229 e. The molecule has 2 rings (SSSR count). The normalized spacial score (nSPS) is 10.1. The van der Waals surface area contributed by atoms with Gasteiger partial charge in [-0.3, -0.25) is 4.79 Å². The molecule has 0 saturated carbocycles. The van der Waals surface area contributed by atoms with Crippen LogP contribution in [0.25, 0.3) is 0 Å². The largest absolute Gasteiger partial charge is 0.309 e. The first-order chi connectivity index (χ1) is 8.63. The number of hydrogen-bond acceptors (Lipinski definition) is 3. The summed E-state index contributed by atoms with van der Waals surface area (Å²) < 4.78 is 12.7. The summed E-state index contributed by atoms with van der Waals surface area (Å²) in [5, 5.41) is 10.1. The molecular formula is C12H9ClFN3O. The van der Waals surface area contributed by atoms with E-state index in [2.05, 4.69) is 15.5 Å². The van der Waals surface area contributed by atoms with E-state index in [1.807, 2.05) is 0 Å². The van der Waals surface area contributed by atoms with Crippen molar-refractivity contribution in [2.75, 3.05) is 5.32 Å². The molecular weight excluding hydrogens is 257 g/mol. The van der Waals surface area contributed by atoms with Crippen LogP contribution < -0.4 is 5.32 Å². The number of aromatic nitrogens is 2. The van der Waals surface area contributed by atoms with E-state index in [-0.39, 0.29) is 23.3 Å². The second kappa shape index (κ2) is 5.55. The maximum atomic E-state index is 12.7. The van der Waals surface area contributed by atoms with Crippen LogP contribution in [0.1, 0.15) is 5.56 Å². The number of anilines is 1. The van der Waals surface area contributed by atoms with E-state index in [0.717, 1.165) is 5.56 Å². The second-order valence-electron chi connectivity index (χ2n) is 3.59. The lowest BCUT2D eigenvalue weighted by Crippen LogP contribution is -2.15. The third kappa shape index (κ3) is 3.49. The number of carbonyl (C=O) groups excluding carboxylic acids is 1. The van der Waals surface area contributed by atoms with Gasteiger partial charge in [0.25, 0.3) is 0 Å². The minimum absolute atomic E-state index is 0.143. The molecule has 0 aliphatic heterocycles. The van der Waals surface area contributed by atoms with E-state index >= 15 is 0 Å². The van der Waals surface area contributed by atoms with Crippen LogP contribution in [-0.4, -0.2) is 16.1 Å². The zero-order valence-electron chi connectivity index (χ0n) is 9.23. The third-order valence-corrected chi connectivity index (χ3v) is 2.38. The van der Waals surface area contributed by atoms with Crippen molar-refractivity contribution in [1.82, 2.24) is 10.2 Å². The van der Waals surface area contributed by atoms with Crippen molar-refractivity contribution in [3.05, 3.63) is 52.9 Å². The van der Waals surface area contributed by atoms with E-state index in [1.165, 1.54) is 18.2 Å². The van der Waals surface area contributed by atoms with Gasteiger partial charge in [-0.15, -0.1) is 10.2 Å². The van der Waals surface area contributed by atoms with Gasteiger partial charge in [0.1, 0.15) is 5.82 Å². The Morgan fingerprint density at radius 2 is 1.89 bits per heavy atom. The van der Waals surface area contributed by atoms with Crippen LogP contribution >= 0.6 is 11.6 Å². The number of halogens is 2. The predicted molar refractivity (Wildman–Crippen MR) is 65.8 cm³/mol. The summed E-state index contributed by atoms with van der Waals surface area (Å²) in [6, 6.07) is 8.82. The zero-order chi connectivity index (χ0) is 13.0. The highest BCUT2D eigenvalue weighted by Crippen LogP contribution is 2.08. The first kappa shape index (κ1) is 12.4. The van der Waals surface area contributed by atoms with Gasteiger partial charge in [-0.05, 0) is 29.8 Å². The van der Waals surface area contributed by atoms with Gasteiger partial charge in [-0.25, -0.2) is 4.39 Å². The lowest BCUT2D eigenvalue weighted by Gasteiger charge is -2.03. The first-order valence-corrected chi connectivity index (χ1v) is 5.55. The lowest BCUT2D eigenvalue weighted by atomic mass is 10.1. The fourth-order valence-electron chi connectivity index (χ4n) is 1.36. The maximum Gasteiger partial charge on any atom is 0.229 e. The Labute approximate surface area is 108 Å². The van der Waals surface area contributed by atoms with Crippen molar-refractivity contribution < 1.29 is 9.18 Å². The van der Waals surface area contributed by atoms with E-state index in [0.29, 0.717) is 5.82 Å². The number of rotatable bonds is 3. The second-order valence-corrected chi connectivity index (χ2v) is 3.98. The van der Waals surface area contributed by atoms with E-state index < -0.39 is 0 Å². The summed E-state index contributed by atoms with van der Waals surface area (Å²) in [4.78, 5) is 11.6. The molecule has 2 aromatic rings. The molecule has 6 heteroatoms. The molecule has 4 nitrogen and oxygen atoms in total. The molecule has 1 aromatic heterocycles. The lowest BCUT2D eigenvalue weighted by molar-refractivity contribution is -0.115. The molecule has 1 heterocycles. The molecule has 0 radical (unpaired) electrons. The van der Waals surface area contributed by atoms with Crippen LogP contribution in [0.2, 0.25) is 5.15 Å². The Kier molecular flexibility index (Phi) is 3.84. The monoisotopic (exact) mass is 265 g/mol. The molecule has 0 saturated heterocycles. The molecule has 92 valence electrons. The van der Waals surface area contributed by atoms with Crippen LogP contribution in [0.3, 0.4) is 0 Å². The molecule has 18 heavy (non-hydrogen) atoms. The summed E-state index contributed by atoms with van der Waals surface area (Å²) >= 11 is 5.57. The standard InChI is InChI=1S/C12H9ClFN3O/c13-10-5-6-11(17-16-10)15-12(18)7-8-1-3-9(14)4-2-8/h1-6H,7H2,(H,15,17,18). The molecule has 1 N–H and O–H groups in total. The Hall–Kier alpha value is -2.01. The SMILES string of the molecule is O=C(Cc1ccc(F)cc1)Nc1ccc(Cl)nn1. The Morgan fingerprint density at radius 3 is 2.50 bits per heavy atom. The van der Waals surface area contributed by atoms with Crippen molar-refractivity contribution in [1.29, 1.82) is 0 Å².